The molecule has 0 saturated heterocycles. The van der Waals surface area contributed by atoms with Crippen LogP contribution in [0.5, 0.6) is 0 Å². The van der Waals surface area contributed by atoms with Gasteiger partial charge in [-0.25, -0.2) is 4.79 Å². The molecule has 4 nitrogen and oxygen atoms in total. The number of amides is 1. The summed E-state index contributed by atoms with van der Waals surface area (Å²) in [5.74, 6) is -0.863. The van der Waals surface area contributed by atoms with E-state index in [1.54, 1.807) is 24.3 Å². The van der Waals surface area contributed by atoms with E-state index >= 15 is 0 Å². The van der Waals surface area contributed by atoms with Crippen LogP contribution >= 0.6 is 11.6 Å². The highest BCUT2D eigenvalue weighted by molar-refractivity contribution is 6.30. The topological polar surface area (TPSA) is 55.4 Å². The minimum absolute atomic E-state index is 0.0366. The molecule has 1 aromatic rings. The van der Waals surface area contributed by atoms with Gasteiger partial charge in [-0.2, -0.15) is 5.48 Å². The third kappa shape index (κ3) is 2.73. The standard InChI is InChI=1S/C11H10ClNO3/c12-9-5-3-7(4-6-9)10(14)13-16-11(15)8-1-2-8/h3-6,8H,1-2H2,(H,13,14). The molecule has 0 atom stereocenters. The lowest BCUT2D eigenvalue weighted by molar-refractivity contribution is -0.150. The van der Waals surface area contributed by atoms with E-state index in [1.807, 2.05) is 0 Å². The van der Waals surface area contributed by atoms with Crippen molar-refractivity contribution in [1.29, 1.82) is 0 Å². The van der Waals surface area contributed by atoms with Gasteiger partial charge in [0.25, 0.3) is 5.91 Å². The maximum atomic E-state index is 11.5. The molecule has 1 aliphatic carbocycles. The first-order chi connectivity index (χ1) is 7.66. The van der Waals surface area contributed by atoms with Crippen LogP contribution < -0.4 is 5.48 Å². The van der Waals surface area contributed by atoms with Crippen LogP contribution in [0.3, 0.4) is 0 Å². The summed E-state index contributed by atoms with van der Waals surface area (Å²) in [4.78, 5) is 27.3. The van der Waals surface area contributed by atoms with Gasteiger partial charge in [-0.3, -0.25) is 4.79 Å². The molecule has 1 aromatic carbocycles. The average molecular weight is 240 g/mol. The largest absolute Gasteiger partial charge is 0.340 e. The zero-order valence-corrected chi connectivity index (χ0v) is 9.16. The number of nitrogens with one attached hydrogen (secondary N) is 1. The highest BCUT2D eigenvalue weighted by Gasteiger charge is 2.32. The molecule has 1 aliphatic rings. The Bertz CT molecular complexity index is 412. The quantitative estimate of drug-likeness (QED) is 0.803. The third-order valence-corrected chi connectivity index (χ3v) is 2.51. The minimum Gasteiger partial charge on any atom is -0.340 e. The van der Waals surface area contributed by atoms with Gasteiger partial charge in [0.2, 0.25) is 0 Å². The van der Waals surface area contributed by atoms with Gasteiger partial charge >= 0.3 is 5.97 Å². The molecule has 0 heterocycles. The van der Waals surface area contributed by atoms with E-state index in [2.05, 4.69) is 10.3 Å². The van der Waals surface area contributed by atoms with Gasteiger partial charge < -0.3 is 4.84 Å². The van der Waals surface area contributed by atoms with E-state index in [1.165, 1.54) is 0 Å². The molecule has 1 amide bonds. The summed E-state index contributed by atoms with van der Waals surface area (Å²) in [6.45, 7) is 0. The zero-order valence-electron chi connectivity index (χ0n) is 8.40. The van der Waals surface area contributed by atoms with E-state index in [0.717, 1.165) is 12.8 Å². The number of halogens is 1. The van der Waals surface area contributed by atoms with Gasteiger partial charge in [-0.1, -0.05) is 11.6 Å². The Morgan fingerprint density at radius 3 is 2.44 bits per heavy atom. The van der Waals surface area contributed by atoms with Gasteiger partial charge in [0, 0.05) is 10.6 Å². The molecule has 0 radical (unpaired) electrons. The molecule has 2 rings (SSSR count). The van der Waals surface area contributed by atoms with Crippen molar-refractivity contribution in [2.24, 2.45) is 5.92 Å². The van der Waals surface area contributed by atoms with Crippen molar-refractivity contribution in [3.63, 3.8) is 0 Å². The normalized spacial score (nSPS) is 14.3. The Labute approximate surface area is 97.5 Å². The second-order valence-corrected chi connectivity index (χ2v) is 4.07. The summed E-state index contributed by atoms with van der Waals surface area (Å²) in [7, 11) is 0. The molecular weight excluding hydrogens is 230 g/mol. The van der Waals surface area contributed by atoms with Gasteiger partial charge in [0.15, 0.2) is 0 Å². The molecule has 5 heteroatoms. The smallest absolute Gasteiger partial charge is 0.335 e. The van der Waals surface area contributed by atoms with Crippen LogP contribution in [0.4, 0.5) is 0 Å². The number of hydrogen-bond acceptors (Lipinski definition) is 3. The Morgan fingerprint density at radius 1 is 1.25 bits per heavy atom. The number of benzene rings is 1. The van der Waals surface area contributed by atoms with E-state index < -0.39 is 5.91 Å². The zero-order chi connectivity index (χ0) is 11.5. The molecule has 16 heavy (non-hydrogen) atoms. The maximum Gasteiger partial charge on any atom is 0.335 e. The molecule has 1 fully saturated rings. The number of hydrogen-bond donors (Lipinski definition) is 1. The summed E-state index contributed by atoms with van der Waals surface area (Å²) in [6, 6.07) is 6.31. The van der Waals surface area contributed by atoms with E-state index in [-0.39, 0.29) is 11.9 Å². The van der Waals surface area contributed by atoms with Gasteiger partial charge in [0.1, 0.15) is 0 Å². The first kappa shape index (κ1) is 11.0. The van der Waals surface area contributed by atoms with Crippen molar-refractivity contribution >= 4 is 23.5 Å². The van der Waals surface area contributed by atoms with Crippen LogP contribution in [0, 0.1) is 5.92 Å². The maximum absolute atomic E-state index is 11.5. The van der Waals surface area contributed by atoms with Crippen molar-refractivity contribution in [2.45, 2.75) is 12.8 Å². The van der Waals surface area contributed by atoms with Crippen LogP contribution in [0.25, 0.3) is 0 Å². The van der Waals surface area contributed by atoms with Crippen molar-refractivity contribution in [3.8, 4) is 0 Å². The predicted octanol–water partition coefficient (Wildman–Crippen LogP) is 1.94. The molecule has 0 unspecified atom stereocenters. The minimum atomic E-state index is -0.453. The third-order valence-electron chi connectivity index (χ3n) is 2.26. The van der Waals surface area contributed by atoms with Crippen molar-refractivity contribution < 1.29 is 14.4 Å². The second kappa shape index (κ2) is 4.53. The number of rotatable bonds is 2. The first-order valence-corrected chi connectivity index (χ1v) is 5.31. The number of carbonyl (C=O) groups excluding carboxylic acids is 2. The SMILES string of the molecule is O=C(NOC(=O)C1CC1)c1ccc(Cl)cc1. The average Bonchev–Trinajstić information content (AvgIpc) is 3.10. The van der Waals surface area contributed by atoms with Gasteiger partial charge in [-0.15, -0.1) is 0 Å². The fourth-order valence-corrected chi connectivity index (χ4v) is 1.29. The summed E-state index contributed by atoms with van der Waals surface area (Å²) in [5, 5.41) is 0.548. The predicted molar refractivity (Wildman–Crippen MR) is 57.7 cm³/mol. The highest BCUT2D eigenvalue weighted by atomic mass is 35.5. The number of carbonyl (C=O) groups is 2. The lowest BCUT2D eigenvalue weighted by atomic mass is 10.2. The molecule has 0 spiro atoms. The van der Waals surface area contributed by atoms with Gasteiger partial charge in [0.05, 0.1) is 5.92 Å². The lowest BCUT2D eigenvalue weighted by Gasteiger charge is -2.04. The van der Waals surface area contributed by atoms with E-state index in [9.17, 15) is 9.59 Å². The summed E-state index contributed by atoms with van der Waals surface area (Å²) in [5.41, 5.74) is 2.50. The fourth-order valence-electron chi connectivity index (χ4n) is 1.16. The first-order valence-electron chi connectivity index (χ1n) is 4.93. The fraction of sp³-hybridized carbons (Fsp3) is 0.273. The molecule has 0 bridgehead atoms. The Morgan fingerprint density at radius 2 is 1.88 bits per heavy atom. The molecule has 1 N–H and O–H groups in total. The molecule has 0 aliphatic heterocycles. The lowest BCUT2D eigenvalue weighted by Crippen LogP contribution is -2.27. The second-order valence-electron chi connectivity index (χ2n) is 3.63. The monoisotopic (exact) mass is 239 g/mol. The van der Waals surface area contributed by atoms with Crippen LogP contribution in [0.15, 0.2) is 24.3 Å². The van der Waals surface area contributed by atoms with Gasteiger partial charge in [-0.05, 0) is 37.1 Å². The van der Waals surface area contributed by atoms with Crippen molar-refractivity contribution in [1.82, 2.24) is 5.48 Å². The van der Waals surface area contributed by atoms with E-state index in [0.29, 0.717) is 10.6 Å². The van der Waals surface area contributed by atoms with Crippen LogP contribution in [0.2, 0.25) is 5.02 Å². The van der Waals surface area contributed by atoms with Crippen molar-refractivity contribution in [2.75, 3.05) is 0 Å². The summed E-state index contributed by atoms with van der Waals surface area (Å²) >= 11 is 5.68. The number of hydroxylamine groups is 1. The van der Waals surface area contributed by atoms with Crippen LogP contribution in [-0.4, -0.2) is 11.9 Å². The van der Waals surface area contributed by atoms with E-state index in [4.69, 9.17) is 11.6 Å². The summed E-state index contributed by atoms with van der Waals surface area (Å²) < 4.78 is 0. The van der Waals surface area contributed by atoms with Crippen molar-refractivity contribution in [3.05, 3.63) is 34.9 Å². The molecule has 0 aromatic heterocycles. The van der Waals surface area contributed by atoms with Crippen LogP contribution in [0.1, 0.15) is 23.2 Å². The van der Waals surface area contributed by atoms with Crippen LogP contribution in [-0.2, 0) is 9.63 Å². The Kier molecular flexibility index (Phi) is 3.10. The Hall–Kier alpha value is -1.55. The molecule has 84 valence electrons. The summed E-state index contributed by atoms with van der Waals surface area (Å²) in [6.07, 6.45) is 1.69. The Balaban J connectivity index is 1.87. The highest BCUT2D eigenvalue weighted by Crippen LogP contribution is 2.29. The molecular formula is C11H10ClNO3. The molecule has 1 saturated carbocycles.